The fourth-order valence-corrected chi connectivity index (χ4v) is 1.69. The zero-order valence-corrected chi connectivity index (χ0v) is 8.38. The van der Waals surface area contributed by atoms with Crippen LogP contribution in [0.2, 0.25) is 0 Å². The van der Waals surface area contributed by atoms with E-state index in [-0.39, 0.29) is 11.3 Å². The van der Waals surface area contributed by atoms with Crippen LogP contribution in [0.5, 0.6) is 0 Å². The van der Waals surface area contributed by atoms with Crippen molar-refractivity contribution in [2.75, 3.05) is 0 Å². The van der Waals surface area contributed by atoms with E-state index < -0.39 is 11.2 Å². The second kappa shape index (κ2) is 3.16. The standard InChI is InChI=1S/C12H10FNO/c1-8(15)10-3-2-9(6-11(10)13)12(7-14)4-5-12/h2-3,6H,4-5H2,1H3. The van der Waals surface area contributed by atoms with E-state index in [1.165, 1.54) is 19.1 Å². The van der Waals surface area contributed by atoms with E-state index in [9.17, 15) is 9.18 Å². The third-order valence-electron chi connectivity index (χ3n) is 2.86. The molecule has 0 aliphatic heterocycles. The van der Waals surface area contributed by atoms with Gasteiger partial charge in [-0.25, -0.2) is 4.39 Å². The smallest absolute Gasteiger partial charge is 0.162 e. The molecule has 1 aliphatic carbocycles. The van der Waals surface area contributed by atoms with Gasteiger partial charge in [0.05, 0.1) is 17.0 Å². The van der Waals surface area contributed by atoms with E-state index in [1.807, 2.05) is 0 Å². The maximum Gasteiger partial charge on any atom is 0.162 e. The molecule has 0 N–H and O–H groups in total. The van der Waals surface area contributed by atoms with Crippen LogP contribution in [0.4, 0.5) is 4.39 Å². The number of ketones is 1. The molecule has 0 atom stereocenters. The van der Waals surface area contributed by atoms with Crippen LogP contribution in [0.25, 0.3) is 0 Å². The molecule has 1 saturated carbocycles. The maximum absolute atomic E-state index is 13.5. The summed E-state index contributed by atoms with van der Waals surface area (Å²) in [5.74, 6) is -0.817. The molecule has 0 bridgehead atoms. The lowest BCUT2D eigenvalue weighted by Crippen LogP contribution is -2.05. The number of Topliss-reactive ketones (excluding diaryl/α,β-unsaturated/α-hetero) is 1. The van der Waals surface area contributed by atoms with Crippen LogP contribution in [0.1, 0.15) is 35.7 Å². The van der Waals surface area contributed by atoms with E-state index in [4.69, 9.17) is 5.26 Å². The molecule has 0 unspecified atom stereocenters. The fourth-order valence-electron chi connectivity index (χ4n) is 1.69. The van der Waals surface area contributed by atoms with Gasteiger partial charge in [0.2, 0.25) is 0 Å². The Morgan fingerprint density at radius 1 is 1.53 bits per heavy atom. The van der Waals surface area contributed by atoms with Crippen molar-refractivity contribution in [3.05, 3.63) is 35.1 Å². The zero-order chi connectivity index (χ0) is 11.1. The third kappa shape index (κ3) is 1.52. The van der Waals surface area contributed by atoms with Gasteiger partial charge in [0.25, 0.3) is 0 Å². The van der Waals surface area contributed by atoms with Crippen LogP contribution >= 0.6 is 0 Å². The topological polar surface area (TPSA) is 40.9 Å². The molecule has 0 saturated heterocycles. The molecule has 0 amide bonds. The highest BCUT2D eigenvalue weighted by atomic mass is 19.1. The molecule has 0 spiro atoms. The normalized spacial score (nSPS) is 16.9. The Labute approximate surface area is 87.3 Å². The molecule has 0 heterocycles. The number of benzene rings is 1. The summed E-state index contributed by atoms with van der Waals surface area (Å²) < 4.78 is 13.5. The number of hydrogen-bond acceptors (Lipinski definition) is 2. The van der Waals surface area contributed by atoms with Crippen LogP contribution in [0, 0.1) is 17.1 Å². The Morgan fingerprint density at radius 3 is 2.60 bits per heavy atom. The molecule has 1 fully saturated rings. The molecule has 1 aliphatic rings. The molecular weight excluding hydrogens is 193 g/mol. The Morgan fingerprint density at radius 2 is 2.20 bits per heavy atom. The fraction of sp³-hybridized carbons (Fsp3) is 0.333. The lowest BCUT2D eigenvalue weighted by Gasteiger charge is -2.07. The van der Waals surface area contributed by atoms with Crippen molar-refractivity contribution < 1.29 is 9.18 Å². The predicted molar refractivity (Wildman–Crippen MR) is 52.9 cm³/mol. The minimum absolute atomic E-state index is 0.0903. The molecular formula is C12H10FNO. The van der Waals surface area contributed by atoms with Crippen LogP contribution in [0.3, 0.4) is 0 Å². The molecule has 3 heteroatoms. The highest BCUT2D eigenvalue weighted by Crippen LogP contribution is 2.47. The number of rotatable bonds is 2. The van der Waals surface area contributed by atoms with Gasteiger partial charge >= 0.3 is 0 Å². The maximum atomic E-state index is 13.5. The Hall–Kier alpha value is -1.69. The SMILES string of the molecule is CC(=O)c1ccc(C2(C#N)CC2)cc1F. The van der Waals surface area contributed by atoms with E-state index in [1.54, 1.807) is 6.07 Å². The predicted octanol–water partition coefficient (Wildman–Crippen LogP) is 2.58. The Bertz CT molecular complexity index is 469. The van der Waals surface area contributed by atoms with Crippen LogP contribution in [-0.4, -0.2) is 5.78 Å². The number of carbonyl (C=O) groups is 1. The highest BCUT2D eigenvalue weighted by molar-refractivity contribution is 5.94. The number of carbonyl (C=O) groups excluding carboxylic acids is 1. The minimum Gasteiger partial charge on any atom is -0.294 e. The van der Waals surface area contributed by atoms with Gasteiger partial charge in [-0.1, -0.05) is 6.07 Å². The van der Waals surface area contributed by atoms with Crippen LogP contribution in [-0.2, 0) is 5.41 Å². The number of hydrogen-bond donors (Lipinski definition) is 0. The zero-order valence-electron chi connectivity index (χ0n) is 8.38. The highest BCUT2D eigenvalue weighted by Gasteiger charge is 2.45. The Kier molecular flexibility index (Phi) is 2.08. The molecule has 1 aromatic carbocycles. The molecule has 76 valence electrons. The number of nitrogens with zero attached hydrogens (tertiary/aromatic N) is 1. The number of nitriles is 1. The van der Waals surface area contributed by atoms with Crippen molar-refractivity contribution in [2.24, 2.45) is 0 Å². The van der Waals surface area contributed by atoms with Crippen molar-refractivity contribution in [1.29, 1.82) is 5.26 Å². The third-order valence-corrected chi connectivity index (χ3v) is 2.86. The summed E-state index contributed by atoms with van der Waals surface area (Å²) in [4.78, 5) is 11.0. The van der Waals surface area contributed by atoms with Gasteiger partial charge < -0.3 is 0 Å². The summed E-state index contributed by atoms with van der Waals surface area (Å²) in [7, 11) is 0. The van der Waals surface area contributed by atoms with E-state index in [0.29, 0.717) is 5.56 Å². The average molecular weight is 203 g/mol. The first-order valence-corrected chi connectivity index (χ1v) is 4.81. The Balaban J connectivity index is 2.43. The first-order chi connectivity index (χ1) is 7.09. The largest absolute Gasteiger partial charge is 0.294 e. The quantitative estimate of drug-likeness (QED) is 0.693. The summed E-state index contributed by atoms with van der Waals surface area (Å²) in [6.07, 6.45) is 1.56. The summed E-state index contributed by atoms with van der Waals surface area (Å²) in [6, 6.07) is 6.64. The van der Waals surface area contributed by atoms with Crippen molar-refractivity contribution in [1.82, 2.24) is 0 Å². The molecule has 0 radical (unpaired) electrons. The molecule has 2 nitrogen and oxygen atoms in total. The van der Waals surface area contributed by atoms with Gasteiger partial charge in [0.1, 0.15) is 5.82 Å². The second-order valence-electron chi connectivity index (χ2n) is 3.94. The minimum atomic E-state index is -0.526. The van der Waals surface area contributed by atoms with E-state index in [0.717, 1.165) is 12.8 Å². The lowest BCUT2D eigenvalue weighted by molar-refractivity contribution is 0.101. The van der Waals surface area contributed by atoms with Gasteiger partial charge in [-0.05, 0) is 37.5 Å². The summed E-state index contributed by atoms with van der Waals surface area (Å²) in [5, 5.41) is 8.94. The molecule has 15 heavy (non-hydrogen) atoms. The monoisotopic (exact) mass is 203 g/mol. The van der Waals surface area contributed by atoms with Gasteiger partial charge in [-0.15, -0.1) is 0 Å². The summed E-state index contributed by atoms with van der Waals surface area (Å²) >= 11 is 0. The molecule has 0 aromatic heterocycles. The van der Waals surface area contributed by atoms with Gasteiger partial charge in [0, 0.05) is 0 Å². The first-order valence-electron chi connectivity index (χ1n) is 4.81. The molecule has 1 aromatic rings. The summed E-state index contributed by atoms with van der Waals surface area (Å²) in [6.45, 7) is 1.33. The van der Waals surface area contributed by atoms with Crippen molar-refractivity contribution >= 4 is 5.78 Å². The molecule has 2 rings (SSSR count). The second-order valence-corrected chi connectivity index (χ2v) is 3.94. The van der Waals surface area contributed by atoms with Crippen molar-refractivity contribution in [2.45, 2.75) is 25.2 Å². The first kappa shape index (κ1) is 9.85. The van der Waals surface area contributed by atoms with Crippen molar-refractivity contribution in [3.8, 4) is 6.07 Å². The van der Waals surface area contributed by atoms with Crippen molar-refractivity contribution in [3.63, 3.8) is 0 Å². The van der Waals surface area contributed by atoms with Gasteiger partial charge in [-0.2, -0.15) is 5.26 Å². The van der Waals surface area contributed by atoms with Gasteiger partial charge in [-0.3, -0.25) is 4.79 Å². The summed E-state index contributed by atoms with van der Waals surface area (Å²) in [5.41, 5.74) is 0.288. The van der Waals surface area contributed by atoms with E-state index >= 15 is 0 Å². The number of halogens is 1. The van der Waals surface area contributed by atoms with Gasteiger partial charge in [0.15, 0.2) is 5.78 Å². The average Bonchev–Trinajstić information content (AvgIpc) is 2.97. The van der Waals surface area contributed by atoms with Crippen LogP contribution < -0.4 is 0 Å². The lowest BCUT2D eigenvalue weighted by atomic mass is 9.95. The van der Waals surface area contributed by atoms with Crippen LogP contribution in [0.15, 0.2) is 18.2 Å². The van der Waals surface area contributed by atoms with E-state index in [2.05, 4.69) is 6.07 Å².